The number of rotatable bonds is 6. The number of nitrogens with one attached hydrogen (secondary N) is 2. The maximum absolute atomic E-state index is 11.3. The third kappa shape index (κ3) is 5.57. The average molecular weight is 401 g/mol. The Bertz CT molecular complexity index is 866. The van der Waals surface area contributed by atoms with E-state index in [1.807, 2.05) is 18.2 Å². The van der Waals surface area contributed by atoms with Gasteiger partial charge in [0.1, 0.15) is 5.82 Å². The van der Waals surface area contributed by atoms with E-state index in [-0.39, 0.29) is 24.4 Å². The van der Waals surface area contributed by atoms with Gasteiger partial charge in [-0.1, -0.05) is 19.4 Å². The molecule has 8 heteroatoms. The highest BCUT2D eigenvalue weighted by atomic mass is 35.5. The van der Waals surface area contributed by atoms with Crippen LogP contribution in [0.2, 0.25) is 0 Å². The number of aromatic nitrogens is 2. The third-order valence-electron chi connectivity index (χ3n) is 4.44. The molecule has 0 radical (unpaired) electrons. The number of hydrogen-bond acceptors (Lipinski definition) is 6. The molecule has 2 aromatic rings. The molecular weight excluding hydrogens is 376 g/mol. The Morgan fingerprint density at radius 3 is 2.89 bits per heavy atom. The number of nitrogens with zero attached hydrogens (tertiary/aromatic N) is 4. The molecular formula is C20H25ClN6O. The van der Waals surface area contributed by atoms with E-state index in [1.165, 1.54) is 0 Å². The number of carbonyl (C=O) groups is 1. The summed E-state index contributed by atoms with van der Waals surface area (Å²) in [5.74, 6) is 1.38. The molecule has 0 spiro atoms. The minimum atomic E-state index is -0.00376. The molecule has 2 heterocycles. The zero-order valence-corrected chi connectivity index (χ0v) is 16.9. The van der Waals surface area contributed by atoms with Crippen LogP contribution < -0.4 is 15.5 Å². The number of amides is 1. The van der Waals surface area contributed by atoms with Crippen LogP contribution in [0.15, 0.2) is 30.3 Å². The van der Waals surface area contributed by atoms with Crippen molar-refractivity contribution >= 4 is 35.8 Å². The van der Waals surface area contributed by atoms with Gasteiger partial charge in [-0.15, -0.1) is 12.4 Å². The van der Waals surface area contributed by atoms with Gasteiger partial charge in [-0.05, 0) is 31.0 Å². The van der Waals surface area contributed by atoms with Crippen molar-refractivity contribution in [2.75, 3.05) is 23.3 Å². The smallest absolute Gasteiger partial charge is 0.229 e. The summed E-state index contributed by atoms with van der Waals surface area (Å²) in [5.41, 5.74) is 2.35. The standard InChI is InChI=1S/C20H24N6O.ClH/c1-3-5-16-11-19(26-9-8-18(13-26)22-14(2)27)25-20(23-16)24-17-7-4-6-15(10-17)12-21;/h4,6-7,10-11,18H,3,5,8-9,13H2,1-2H3,(H,22,27)(H,23,24,25);1H/t18-;/m0./s1. The monoisotopic (exact) mass is 400 g/mol. The quantitative estimate of drug-likeness (QED) is 0.773. The van der Waals surface area contributed by atoms with Gasteiger partial charge in [0, 0.05) is 43.5 Å². The fourth-order valence-corrected chi connectivity index (χ4v) is 3.25. The highest BCUT2D eigenvalue weighted by molar-refractivity contribution is 5.85. The lowest BCUT2D eigenvalue weighted by Crippen LogP contribution is -2.35. The van der Waals surface area contributed by atoms with Crippen molar-refractivity contribution in [3.05, 3.63) is 41.6 Å². The van der Waals surface area contributed by atoms with E-state index in [2.05, 4.69) is 38.5 Å². The van der Waals surface area contributed by atoms with E-state index in [4.69, 9.17) is 5.26 Å². The minimum absolute atomic E-state index is 0. The summed E-state index contributed by atoms with van der Waals surface area (Å²) in [4.78, 5) is 22.8. The van der Waals surface area contributed by atoms with Crippen LogP contribution in [0.3, 0.4) is 0 Å². The number of anilines is 3. The second kappa shape index (κ2) is 9.90. The van der Waals surface area contributed by atoms with Crippen LogP contribution in [0.1, 0.15) is 37.9 Å². The molecule has 0 saturated carbocycles. The Hall–Kier alpha value is -2.85. The van der Waals surface area contributed by atoms with Gasteiger partial charge in [0.25, 0.3) is 0 Å². The van der Waals surface area contributed by atoms with Gasteiger partial charge in [0.05, 0.1) is 11.6 Å². The first kappa shape index (κ1) is 21.5. The van der Waals surface area contributed by atoms with Crippen LogP contribution in [-0.2, 0) is 11.2 Å². The largest absolute Gasteiger partial charge is 0.354 e. The van der Waals surface area contributed by atoms with Crippen molar-refractivity contribution < 1.29 is 4.79 Å². The van der Waals surface area contributed by atoms with Crippen molar-refractivity contribution in [1.29, 1.82) is 5.26 Å². The van der Waals surface area contributed by atoms with Gasteiger partial charge in [0.15, 0.2) is 0 Å². The van der Waals surface area contributed by atoms with Crippen LogP contribution in [-0.4, -0.2) is 35.0 Å². The number of aryl methyl sites for hydroxylation is 1. The van der Waals surface area contributed by atoms with Crippen LogP contribution in [0.5, 0.6) is 0 Å². The number of carbonyl (C=O) groups excluding carboxylic acids is 1. The molecule has 7 nitrogen and oxygen atoms in total. The van der Waals surface area contributed by atoms with E-state index in [9.17, 15) is 4.79 Å². The lowest BCUT2D eigenvalue weighted by molar-refractivity contribution is -0.119. The van der Waals surface area contributed by atoms with Gasteiger partial charge < -0.3 is 15.5 Å². The van der Waals surface area contributed by atoms with E-state index in [0.717, 1.165) is 49.6 Å². The van der Waals surface area contributed by atoms with Gasteiger partial charge in [-0.25, -0.2) is 4.98 Å². The van der Waals surface area contributed by atoms with E-state index in [0.29, 0.717) is 11.5 Å². The lowest BCUT2D eigenvalue weighted by atomic mass is 10.2. The molecule has 3 rings (SSSR count). The second-order valence-corrected chi connectivity index (χ2v) is 6.74. The third-order valence-corrected chi connectivity index (χ3v) is 4.44. The van der Waals surface area contributed by atoms with Gasteiger partial charge in [-0.2, -0.15) is 10.2 Å². The summed E-state index contributed by atoms with van der Waals surface area (Å²) >= 11 is 0. The normalized spacial score (nSPS) is 15.5. The molecule has 2 N–H and O–H groups in total. The molecule has 28 heavy (non-hydrogen) atoms. The predicted molar refractivity (Wildman–Crippen MR) is 112 cm³/mol. The fourth-order valence-electron chi connectivity index (χ4n) is 3.25. The van der Waals surface area contributed by atoms with Crippen LogP contribution in [0, 0.1) is 11.3 Å². The molecule has 1 aliphatic heterocycles. The molecule has 1 fully saturated rings. The second-order valence-electron chi connectivity index (χ2n) is 6.74. The first-order chi connectivity index (χ1) is 13.1. The topological polar surface area (TPSA) is 93.9 Å². The Morgan fingerprint density at radius 1 is 1.36 bits per heavy atom. The van der Waals surface area contributed by atoms with Gasteiger partial charge >= 0.3 is 0 Å². The van der Waals surface area contributed by atoms with E-state index < -0.39 is 0 Å². The molecule has 1 aromatic carbocycles. The fraction of sp³-hybridized carbons (Fsp3) is 0.400. The molecule has 0 bridgehead atoms. The summed E-state index contributed by atoms with van der Waals surface area (Å²) in [6, 6.07) is 11.6. The van der Waals surface area contributed by atoms with Crippen LogP contribution >= 0.6 is 12.4 Å². The van der Waals surface area contributed by atoms with Crippen LogP contribution in [0.4, 0.5) is 17.5 Å². The zero-order valence-electron chi connectivity index (χ0n) is 16.1. The van der Waals surface area contributed by atoms with E-state index in [1.54, 1.807) is 19.1 Å². The first-order valence-corrected chi connectivity index (χ1v) is 9.24. The number of nitriles is 1. The molecule has 148 valence electrons. The van der Waals surface area contributed by atoms with Crippen molar-refractivity contribution in [1.82, 2.24) is 15.3 Å². The van der Waals surface area contributed by atoms with Crippen molar-refractivity contribution in [3.63, 3.8) is 0 Å². The van der Waals surface area contributed by atoms with Gasteiger partial charge in [0.2, 0.25) is 11.9 Å². The number of benzene rings is 1. The summed E-state index contributed by atoms with van der Waals surface area (Å²) < 4.78 is 0. The Morgan fingerprint density at radius 2 is 2.18 bits per heavy atom. The van der Waals surface area contributed by atoms with Crippen molar-refractivity contribution in [2.45, 2.75) is 39.2 Å². The number of hydrogen-bond donors (Lipinski definition) is 2. The average Bonchev–Trinajstić information content (AvgIpc) is 3.10. The SMILES string of the molecule is CCCc1cc(N2CC[C@H](NC(C)=O)C2)nc(Nc2cccc(C#N)c2)n1.Cl. The first-order valence-electron chi connectivity index (χ1n) is 9.24. The summed E-state index contributed by atoms with van der Waals surface area (Å²) in [6.45, 7) is 5.25. The zero-order chi connectivity index (χ0) is 19.2. The van der Waals surface area contributed by atoms with Crippen molar-refractivity contribution in [2.24, 2.45) is 0 Å². The van der Waals surface area contributed by atoms with Crippen molar-refractivity contribution in [3.8, 4) is 6.07 Å². The van der Waals surface area contributed by atoms with E-state index >= 15 is 0 Å². The highest BCUT2D eigenvalue weighted by Gasteiger charge is 2.24. The maximum atomic E-state index is 11.3. The lowest BCUT2D eigenvalue weighted by Gasteiger charge is -2.19. The molecule has 0 unspecified atom stereocenters. The predicted octanol–water partition coefficient (Wildman–Crippen LogP) is 3.18. The Kier molecular flexibility index (Phi) is 7.59. The Labute approximate surface area is 171 Å². The molecule has 1 saturated heterocycles. The highest BCUT2D eigenvalue weighted by Crippen LogP contribution is 2.23. The molecule has 1 aliphatic rings. The minimum Gasteiger partial charge on any atom is -0.354 e. The molecule has 1 atom stereocenters. The van der Waals surface area contributed by atoms with Gasteiger partial charge in [-0.3, -0.25) is 4.79 Å². The molecule has 1 amide bonds. The molecule has 0 aliphatic carbocycles. The Balaban J connectivity index is 0.00000280. The molecule has 1 aromatic heterocycles. The number of halogens is 1. The summed E-state index contributed by atoms with van der Waals surface area (Å²) in [7, 11) is 0. The summed E-state index contributed by atoms with van der Waals surface area (Å²) in [6.07, 6.45) is 2.76. The maximum Gasteiger partial charge on any atom is 0.229 e. The van der Waals surface area contributed by atoms with Crippen LogP contribution in [0.25, 0.3) is 0 Å². The summed E-state index contributed by atoms with van der Waals surface area (Å²) in [5, 5.41) is 15.3.